The smallest absolute Gasteiger partial charge is 0.288 e. The molecule has 3 rings (SSSR count). The Kier molecular flexibility index (Phi) is 5.94. The van der Waals surface area contributed by atoms with Gasteiger partial charge in [-0.3, -0.25) is 9.59 Å². The fourth-order valence-corrected chi connectivity index (χ4v) is 2.89. The zero-order chi connectivity index (χ0) is 20.1. The molecule has 0 unspecified atom stereocenters. The second-order valence-corrected chi connectivity index (χ2v) is 6.54. The van der Waals surface area contributed by atoms with E-state index in [1.165, 1.54) is 24.3 Å². The molecule has 3 N–H and O–H groups in total. The van der Waals surface area contributed by atoms with Crippen molar-refractivity contribution in [1.29, 1.82) is 0 Å². The summed E-state index contributed by atoms with van der Waals surface area (Å²) in [6, 6.07) is 12.5. The molecule has 0 saturated carbocycles. The van der Waals surface area contributed by atoms with Crippen molar-refractivity contribution in [2.24, 2.45) is 5.73 Å². The molecule has 28 heavy (non-hydrogen) atoms. The van der Waals surface area contributed by atoms with Crippen LogP contribution in [0.5, 0.6) is 0 Å². The molecule has 0 aliphatic rings. The average Bonchev–Trinajstić information content (AvgIpc) is 3.11. The van der Waals surface area contributed by atoms with Gasteiger partial charge in [0.2, 0.25) is 17.6 Å². The van der Waals surface area contributed by atoms with Crippen molar-refractivity contribution in [2.45, 2.75) is 17.2 Å². The highest BCUT2D eigenvalue weighted by Crippen LogP contribution is 2.31. The van der Waals surface area contributed by atoms with E-state index in [-0.39, 0.29) is 23.0 Å². The standard InChI is InChI=1S/C17H14F2N6O2S/c18-17(19)28-13-4-2-1-3-12(13)21-14(26)9-25-23-16(22-24-25)11-7-5-10(6-8-11)15(20)27/h1-8,17H,9H2,(H2,20,27)(H,21,26). The van der Waals surface area contributed by atoms with Gasteiger partial charge in [0.15, 0.2) is 0 Å². The summed E-state index contributed by atoms with van der Waals surface area (Å²) in [5.41, 5.74) is 6.40. The first-order valence-electron chi connectivity index (χ1n) is 7.94. The molecule has 1 aromatic heterocycles. The second kappa shape index (κ2) is 8.57. The molecule has 8 nitrogen and oxygen atoms in total. The van der Waals surface area contributed by atoms with Crippen LogP contribution in [0.25, 0.3) is 11.4 Å². The molecule has 0 atom stereocenters. The summed E-state index contributed by atoms with van der Waals surface area (Å²) in [4.78, 5) is 24.6. The Balaban J connectivity index is 1.67. The Bertz CT molecular complexity index is 993. The minimum Gasteiger partial charge on any atom is -0.366 e. The lowest BCUT2D eigenvalue weighted by Crippen LogP contribution is -2.20. The van der Waals surface area contributed by atoms with Gasteiger partial charge in [-0.05, 0) is 29.5 Å². The molecule has 0 radical (unpaired) electrons. The number of para-hydroxylation sites is 1. The molecular weight excluding hydrogens is 390 g/mol. The van der Waals surface area contributed by atoms with Gasteiger partial charge in [0, 0.05) is 16.0 Å². The van der Waals surface area contributed by atoms with Gasteiger partial charge in [-0.2, -0.15) is 13.6 Å². The summed E-state index contributed by atoms with van der Waals surface area (Å²) in [5.74, 6) is -3.38. The van der Waals surface area contributed by atoms with Crippen molar-refractivity contribution >= 4 is 29.3 Å². The van der Waals surface area contributed by atoms with Gasteiger partial charge >= 0.3 is 0 Å². The van der Waals surface area contributed by atoms with Gasteiger partial charge in [0.05, 0.1) is 5.69 Å². The zero-order valence-electron chi connectivity index (χ0n) is 14.3. The van der Waals surface area contributed by atoms with E-state index in [0.717, 1.165) is 4.80 Å². The van der Waals surface area contributed by atoms with Crippen molar-refractivity contribution in [1.82, 2.24) is 20.2 Å². The summed E-state index contributed by atoms with van der Waals surface area (Å²) >= 11 is 0.347. The number of thioether (sulfide) groups is 1. The number of nitrogens with zero attached hydrogens (tertiary/aromatic N) is 4. The van der Waals surface area contributed by atoms with Crippen LogP contribution in [0.3, 0.4) is 0 Å². The quantitative estimate of drug-likeness (QED) is 0.584. The Hall–Kier alpha value is -3.34. The number of nitrogens with two attached hydrogens (primary N) is 1. The van der Waals surface area contributed by atoms with Crippen molar-refractivity contribution in [3.63, 3.8) is 0 Å². The third-order valence-electron chi connectivity index (χ3n) is 3.54. The van der Waals surface area contributed by atoms with E-state index < -0.39 is 17.6 Å². The number of carbonyl (C=O) groups is 2. The van der Waals surface area contributed by atoms with E-state index in [1.54, 1.807) is 24.3 Å². The number of hydrogen-bond donors (Lipinski definition) is 2. The second-order valence-electron chi connectivity index (χ2n) is 5.51. The topological polar surface area (TPSA) is 116 Å². The maximum Gasteiger partial charge on any atom is 0.288 e. The van der Waals surface area contributed by atoms with E-state index in [4.69, 9.17) is 5.73 Å². The Labute approximate surface area is 162 Å². The fourth-order valence-electron chi connectivity index (χ4n) is 2.30. The highest BCUT2D eigenvalue weighted by atomic mass is 32.2. The molecule has 0 spiro atoms. The van der Waals surface area contributed by atoms with Crippen LogP contribution in [0, 0.1) is 0 Å². The minimum atomic E-state index is -2.60. The van der Waals surface area contributed by atoms with Crippen molar-refractivity contribution in [3.8, 4) is 11.4 Å². The number of rotatable bonds is 7. The van der Waals surface area contributed by atoms with Crippen LogP contribution in [0.2, 0.25) is 0 Å². The van der Waals surface area contributed by atoms with Crippen molar-refractivity contribution < 1.29 is 18.4 Å². The first-order valence-corrected chi connectivity index (χ1v) is 8.82. The van der Waals surface area contributed by atoms with Gasteiger partial charge < -0.3 is 11.1 Å². The Morgan fingerprint density at radius 2 is 1.86 bits per heavy atom. The molecule has 11 heteroatoms. The fraction of sp³-hybridized carbons (Fsp3) is 0.118. The zero-order valence-corrected chi connectivity index (χ0v) is 15.1. The van der Waals surface area contributed by atoms with E-state index in [2.05, 4.69) is 20.7 Å². The summed E-state index contributed by atoms with van der Waals surface area (Å²) in [5, 5.41) is 14.3. The predicted octanol–water partition coefficient (Wildman–Crippen LogP) is 2.39. The maximum absolute atomic E-state index is 12.6. The average molecular weight is 404 g/mol. The number of amides is 2. The largest absolute Gasteiger partial charge is 0.366 e. The molecule has 0 saturated heterocycles. The normalized spacial score (nSPS) is 10.8. The van der Waals surface area contributed by atoms with Crippen molar-refractivity contribution in [3.05, 3.63) is 54.1 Å². The first-order chi connectivity index (χ1) is 13.4. The Morgan fingerprint density at radius 3 is 2.54 bits per heavy atom. The van der Waals surface area contributed by atoms with E-state index in [9.17, 15) is 18.4 Å². The molecule has 3 aromatic rings. The van der Waals surface area contributed by atoms with E-state index in [0.29, 0.717) is 22.9 Å². The third kappa shape index (κ3) is 4.88. The molecule has 1 heterocycles. The lowest BCUT2D eigenvalue weighted by atomic mass is 10.1. The molecule has 144 valence electrons. The SMILES string of the molecule is NC(=O)c1ccc(-c2nnn(CC(=O)Nc3ccccc3SC(F)F)n2)cc1. The number of primary amides is 1. The molecular formula is C17H14F2N6O2S. The third-order valence-corrected chi connectivity index (χ3v) is 4.33. The number of halogens is 2. The minimum absolute atomic E-state index is 0.250. The monoisotopic (exact) mass is 404 g/mol. The van der Waals surface area contributed by atoms with Crippen molar-refractivity contribution in [2.75, 3.05) is 5.32 Å². The highest BCUT2D eigenvalue weighted by molar-refractivity contribution is 7.99. The van der Waals surface area contributed by atoms with Crippen LogP contribution < -0.4 is 11.1 Å². The number of nitrogens with one attached hydrogen (secondary N) is 1. The highest BCUT2D eigenvalue weighted by Gasteiger charge is 2.14. The summed E-state index contributed by atoms with van der Waals surface area (Å²) in [7, 11) is 0. The number of carbonyl (C=O) groups excluding carboxylic acids is 2. The summed E-state index contributed by atoms with van der Waals surface area (Å²) in [6.07, 6.45) is 0. The number of anilines is 1. The predicted molar refractivity (Wildman–Crippen MR) is 98.7 cm³/mol. The van der Waals surface area contributed by atoms with Crippen LogP contribution in [-0.4, -0.2) is 37.8 Å². The maximum atomic E-state index is 12.6. The number of tetrazole rings is 1. The summed E-state index contributed by atoms with van der Waals surface area (Å²) in [6.45, 7) is -0.250. The van der Waals surface area contributed by atoms with Gasteiger partial charge in [-0.1, -0.05) is 36.0 Å². The lowest BCUT2D eigenvalue weighted by Gasteiger charge is -2.09. The van der Waals surface area contributed by atoms with Crippen LogP contribution >= 0.6 is 11.8 Å². The molecule has 0 aliphatic heterocycles. The van der Waals surface area contributed by atoms with Crippen LogP contribution in [-0.2, 0) is 11.3 Å². The number of aromatic nitrogens is 4. The van der Waals surface area contributed by atoms with Crippen LogP contribution in [0.15, 0.2) is 53.4 Å². The number of alkyl halides is 2. The first kappa shape index (κ1) is 19.4. The lowest BCUT2D eigenvalue weighted by molar-refractivity contribution is -0.117. The van der Waals surface area contributed by atoms with Gasteiger partial charge in [0.25, 0.3) is 5.76 Å². The van der Waals surface area contributed by atoms with Gasteiger partial charge in [0.1, 0.15) is 6.54 Å². The van der Waals surface area contributed by atoms with Crippen LogP contribution in [0.4, 0.5) is 14.5 Å². The van der Waals surface area contributed by atoms with Crippen LogP contribution in [0.1, 0.15) is 10.4 Å². The van der Waals surface area contributed by atoms with Gasteiger partial charge in [-0.15, -0.1) is 10.2 Å². The van der Waals surface area contributed by atoms with E-state index >= 15 is 0 Å². The molecule has 2 aromatic carbocycles. The van der Waals surface area contributed by atoms with E-state index in [1.807, 2.05) is 0 Å². The molecule has 0 fully saturated rings. The Morgan fingerprint density at radius 1 is 1.14 bits per heavy atom. The number of hydrogen-bond acceptors (Lipinski definition) is 6. The molecule has 2 amide bonds. The van der Waals surface area contributed by atoms with Gasteiger partial charge in [-0.25, -0.2) is 0 Å². The summed E-state index contributed by atoms with van der Waals surface area (Å²) < 4.78 is 25.2. The molecule has 0 bridgehead atoms. The molecule has 0 aliphatic carbocycles. The number of benzene rings is 2.